The molecule has 1 amide bonds. The van der Waals surface area contributed by atoms with Crippen molar-refractivity contribution in [2.24, 2.45) is 0 Å². The number of hydrogen-bond acceptors (Lipinski definition) is 4. The highest BCUT2D eigenvalue weighted by molar-refractivity contribution is 5.92. The van der Waals surface area contributed by atoms with E-state index in [2.05, 4.69) is 5.32 Å². The molecular weight excluding hydrogens is 332 g/mol. The Hall–Kier alpha value is -2.96. The molecule has 0 heterocycles. The minimum Gasteiger partial charge on any atom is -0.493 e. The number of halogens is 2. The van der Waals surface area contributed by atoms with Crippen LogP contribution in [0.1, 0.15) is 12.0 Å². The molecule has 0 spiro atoms. The molecule has 1 N–H and O–H groups in total. The Bertz CT molecular complexity index is 764. The minimum absolute atomic E-state index is 0.0457. The molecule has 2 aromatic rings. The molecule has 0 aliphatic carbocycles. The third kappa shape index (κ3) is 5.87. The van der Waals surface area contributed by atoms with Crippen molar-refractivity contribution in [3.63, 3.8) is 0 Å². The van der Waals surface area contributed by atoms with Crippen LogP contribution < -0.4 is 10.1 Å². The second kappa shape index (κ2) is 8.77. The SMILES string of the molecule is Cc1ccccc1OCCC(=O)OCC(=O)Nc1cc(F)ccc1F. The quantitative estimate of drug-likeness (QED) is 0.780. The minimum atomic E-state index is -0.785. The largest absolute Gasteiger partial charge is 0.493 e. The van der Waals surface area contributed by atoms with Crippen molar-refractivity contribution in [1.82, 2.24) is 0 Å². The number of aryl methyl sites for hydroxylation is 1. The van der Waals surface area contributed by atoms with Crippen LogP contribution in [0.4, 0.5) is 14.5 Å². The van der Waals surface area contributed by atoms with Crippen LogP contribution in [0.5, 0.6) is 5.75 Å². The van der Waals surface area contributed by atoms with Crippen molar-refractivity contribution in [3.8, 4) is 5.75 Å². The van der Waals surface area contributed by atoms with Crippen molar-refractivity contribution in [1.29, 1.82) is 0 Å². The molecule has 132 valence electrons. The summed E-state index contributed by atoms with van der Waals surface area (Å²) < 4.78 is 36.6. The van der Waals surface area contributed by atoms with Gasteiger partial charge in [0.05, 0.1) is 18.7 Å². The lowest BCUT2D eigenvalue weighted by Crippen LogP contribution is -2.22. The van der Waals surface area contributed by atoms with Crippen molar-refractivity contribution in [2.45, 2.75) is 13.3 Å². The summed E-state index contributed by atoms with van der Waals surface area (Å²) in [4.78, 5) is 23.2. The third-order valence-corrected chi connectivity index (χ3v) is 3.22. The van der Waals surface area contributed by atoms with Crippen molar-refractivity contribution < 1.29 is 27.8 Å². The number of ether oxygens (including phenoxy) is 2. The summed E-state index contributed by atoms with van der Waals surface area (Å²) in [6.07, 6.45) is -0.0457. The number of para-hydroxylation sites is 1. The van der Waals surface area contributed by atoms with Crippen molar-refractivity contribution in [2.75, 3.05) is 18.5 Å². The molecular formula is C18H17F2NO4. The van der Waals surface area contributed by atoms with Crippen LogP contribution in [0, 0.1) is 18.6 Å². The first kappa shape index (κ1) is 18.4. The smallest absolute Gasteiger partial charge is 0.309 e. The monoisotopic (exact) mass is 349 g/mol. The van der Waals surface area contributed by atoms with Crippen LogP contribution in [0.25, 0.3) is 0 Å². The Kier molecular flexibility index (Phi) is 6.45. The molecule has 5 nitrogen and oxygen atoms in total. The van der Waals surface area contributed by atoms with E-state index < -0.39 is 30.1 Å². The molecule has 2 rings (SSSR count). The first-order valence-electron chi connectivity index (χ1n) is 7.54. The maximum atomic E-state index is 13.4. The number of nitrogens with one attached hydrogen (secondary N) is 1. The Labute approximate surface area is 143 Å². The van der Waals surface area contributed by atoms with Crippen LogP contribution in [-0.2, 0) is 14.3 Å². The number of esters is 1. The van der Waals surface area contributed by atoms with Crippen LogP contribution in [0.3, 0.4) is 0 Å². The van der Waals surface area contributed by atoms with Gasteiger partial charge in [-0.3, -0.25) is 9.59 Å². The first-order valence-corrected chi connectivity index (χ1v) is 7.54. The van der Waals surface area contributed by atoms with Crippen LogP contribution in [0.2, 0.25) is 0 Å². The van der Waals surface area contributed by atoms with E-state index in [0.717, 1.165) is 23.8 Å². The third-order valence-electron chi connectivity index (χ3n) is 3.22. The standard InChI is InChI=1S/C18H17F2NO4/c1-12-4-2-3-5-16(12)24-9-8-18(23)25-11-17(22)21-15-10-13(19)6-7-14(15)20/h2-7,10H,8-9,11H2,1H3,(H,21,22). The molecule has 0 saturated carbocycles. The first-order chi connectivity index (χ1) is 12.0. The van der Waals surface area contributed by atoms with Gasteiger partial charge in [0.15, 0.2) is 6.61 Å². The van der Waals surface area contributed by atoms with Gasteiger partial charge < -0.3 is 14.8 Å². The molecule has 0 saturated heterocycles. The van der Waals surface area contributed by atoms with Gasteiger partial charge in [-0.1, -0.05) is 18.2 Å². The average Bonchev–Trinajstić information content (AvgIpc) is 2.58. The van der Waals surface area contributed by atoms with Crippen molar-refractivity contribution in [3.05, 3.63) is 59.7 Å². The van der Waals surface area contributed by atoms with Gasteiger partial charge in [-0.2, -0.15) is 0 Å². The van der Waals surface area contributed by atoms with Gasteiger partial charge >= 0.3 is 5.97 Å². The molecule has 0 fully saturated rings. The predicted molar refractivity (Wildman–Crippen MR) is 87.2 cm³/mol. The van der Waals surface area contributed by atoms with Crippen LogP contribution >= 0.6 is 0 Å². The fourth-order valence-corrected chi connectivity index (χ4v) is 1.96. The zero-order chi connectivity index (χ0) is 18.2. The van der Waals surface area contributed by atoms with Gasteiger partial charge in [0.25, 0.3) is 5.91 Å². The topological polar surface area (TPSA) is 64.6 Å². The molecule has 0 radical (unpaired) electrons. The molecule has 0 aromatic heterocycles. The van der Waals surface area contributed by atoms with E-state index in [9.17, 15) is 18.4 Å². The maximum absolute atomic E-state index is 13.4. The molecule has 0 aliphatic heterocycles. The highest BCUT2D eigenvalue weighted by Gasteiger charge is 2.11. The molecule has 0 aliphatic rings. The van der Waals surface area contributed by atoms with Gasteiger partial charge in [-0.05, 0) is 30.7 Å². The summed E-state index contributed by atoms with van der Waals surface area (Å²) in [6.45, 7) is 1.38. The zero-order valence-electron chi connectivity index (χ0n) is 13.6. The molecule has 0 bridgehead atoms. The molecule has 0 atom stereocenters. The Morgan fingerprint density at radius 1 is 1.12 bits per heavy atom. The summed E-state index contributed by atoms with van der Waals surface area (Å²) in [6, 6.07) is 10.0. The van der Waals surface area contributed by atoms with E-state index in [1.807, 2.05) is 25.1 Å². The summed E-state index contributed by atoms with van der Waals surface area (Å²) in [5.41, 5.74) is 0.622. The van der Waals surface area contributed by atoms with Crippen molar-refractivity contribution >= 4 is 17.6 Å². The number of rotatable bonds is 7. The van der Waals surface area contributed by atoms with Gasteiger partial charge in [0.2, 0.25) is 0 Å². The molecule has 7 heteroatoms. The number of hydrogen-bond donors (Lipinski definition) is 1. The highest BCUT2D eigenvalue weighted by Crippen LogP contribution is 2.16. The van der Waals surface area contributed by atoms with Gasteiger partial charge in [-0.15, -0.1) is 0 Å². The van der Waals surface area contributed by atoms with E-state index in [0.29, 0.717) is 5.75 Å². The van der Waals surface area contributed by atoms with Crippen LogP contribution in [-0.4, -0.2) is 25.1 Å². The summed E-state index contributed by atoms with van der Waals surface area (Å²) in [7, 11) is 0. The molecule has 25 heavy (non-hydrogen) atoms. The van der Waals surface area contributed by atoms with E-state index in [-0.39, 0.29) is 18.7 Å². The molecule has 0 unspecified atom stereocenters. The summed E-state index contributed by atoms with van der Waals surface area (Å²) in [5.74, 6) is -2.22. The lowest BCUT2D eigenvalue weighted by Gasteiger charge is -2.09. The number of carbonyl (C=O) groups excluding carboxylic acids is 2. The lowest BCUT2D eigenvalue weighted by atomic mass is 10.2. The van der Waals surface area contributed by atoms with Gasteiger partial charge in [0, 0.05) is 6.07 Å². The molecule has 2 aromatic carbocycles. The fourth-order valence-electron chi connectivity index (χ4n) is 1.96. The van der Waals surface area contributed by atoms with Crippen LogP contribution in [0.15, 0.2) is 42.5 Å². The number of benzene rings is 2. The fraction of sp³-hybridized carbons (Fsp3) is 0.222. The Morgan fingerprint density at radius 3 is 2.64 bits per heavy atom. The predicted octanol–water partition coefficient (Wildman–Crippen LogP) is 3.22. The van der Waals surface area contributed by atoms with Gasteiger partial charge in [-0.25, -0.2) is 8.78 Å². The van der Waals surface area contributed by atoms with Gasteiger partial charge in [0.1, 0.15) is 17.4 Å². The number of carbonyl (C=O) groups is 2. The number of amides is 1. The highest BCUT2D eigenvalue weighted by atomic mass is 19.1. The van der Waals surface area contributed by atoms with E-state index in [1.165, 1.54) is 0 Å². The van der Waals surface area contributed by atoms with E-state index in [4.69, 9.17) is 9.47 Å². The van der Waals surface area contributed by atoms with E-state index >= 15 is 0 Å². The van der Waals surface area contributed by atoms with E-state index in [1.54, 1.807) is 6.07 Å². The lowest BCUT2D eigenvalue weighted by molar-refractivity contribution is -0.147. The number of anilines is 1. The Morgan fingerprint density at radius 2 is 1.88 bits per heavy atom. The normalized spacial score (nSPS) is 10.2. The summed E-state index contributed by atoms with van der Waals surface area (Å²) >= 11 is 0. The average molecular weight is 349 g/mol. The second-order valence-electron chi connectivity index (χ2n) is 5.20. The maximum Gasteiger partial charge on any atom is 0.309 e. The second-order valence-corrected chi connectivity index (χ2v) is 5.20. The Balaban J connectivity index is 1.71. The summed E-state index contributed by atoms with van der Waals surface area (Å²) in [5, 5.41) is 2.13. The zero-order valence-corrected chi connectivity index (χ0v) is 13.6.